The Morgan fingerprint density at radius 2 is 2.05 bits per heavy atom. The number of urea groups is 1. The Bertz CT molecular complexity index is 615. The summed E-state index contributed by atoms with van der Waals surface area (Å²) >= 11 is 5.77. The molecule has 0 radical (unpaired) electrons. The van der Waals surface area contributed by atoms with E-state index in [4.69, 9.17) is 16.7 Å². The molecule has 1 aromatic heterocycles. The molecule has 1 heterocycles. The number of nitrogens with zero attached hydrogens (tertiary/aromatic N) is 3. The predicted octanol–water partition coefficient (Wildman–Crippen LogP) is 1.52. The summed E-state index contributed by atoms with van der Waals surface area (Å²) in [7, 11) is 0. The highest BCUT2D eigenvalue weighted by Gasteiger charge is 2.19. The van der Waals surface area contributed by atoms with Crippen LogP contribution in [0.25, 0.3) is 0 Å². The molecule has 0 saturated heterocycles. The van der Waals surface area contributed by atoms with Crippen LogP contribution >= 0.6 is 11.6 Å². The number of aliphatic carboxylic acids is 1. The quantitative estimate of drug-likeness (QED) is 0.866. The van der Waals surface area contributed by atoms with E-state index in [-0.39, 0.29) is 12.4 Å². The molecule has 0 unspecified atom stereocenters. The Kier molecular flexibility index (Phi) is 4.72. The molecule has 110 valence electrons. The molecule has 0 saturated carbocycles. The molecule has 0 aliphatic carbocycles. The third kappa shape index (κ3) is 4.18. The Morgan fingerprint density at radius 3 is 2.62 bits per heavy atom. The van der Waals surface area contributed by atoms with Crippen molar-refractivity contribution in [2.24, 2.45) is 0 Å². The van der Waals surface area contributed by atoms with Crippen LogP contribution in [0.5, 0.6) is 0 Å². The van der Waals surface area contributed by atoms with Crippen molar-refractivity contribution in [2.75, 3.05) is 11.4 Å². The fourth-order valence-electron chi connectivity index (χ4n) is 1.56. The van der Waals surface area contributed by atoms with Crippen LogP contribution in [0.4, 0.5) is 10.5 Å². The van der Waals surface area contributed by atoms with Crippen molar-refractivity contribution in [3.8, 4) is 0 Å². The van der Waals surface area contributed by atoms with Gasteiger partial charge in [-0.25, -0.2) is 4.79 Å². The monoisotopic (exact) mass is 310 g/mol. The molecule has 2 aromatic rings. The first-order valence-electron chi connectivity index (χ1n) is 5.84. The normalized spacial score (nSPS) is 10.1. The maximum absolute atomic E-state index is 12.1. The zero-order valence-electron chi connectivity index (χ0n) is 10.7. The summed E-state index contributed by atoms with van der Waals surface area (Å²) in [6.07, 6.45) is 1.13. The van der Waals surface area contributed by atoms with E-state index in [1.165, 1.54) is 0 Å². The first-order valence-corrected chi connectivity index (χ1v) is 6.22. The number of amides is 2. The van der Waals surface area contributed by atoms with Crippen LogP contribution in [0.2, 0.25) is 5.02 Å². The maximum atomic E-state index is 12.1. The third-order valence-corrected chi connectivity index (χ3v) is 2.73. The van der Waals surface area contributed by atoms with Gasteiger partial charge in [0.1, 0.15) is 6.54 Å². The highest BCUT2D eigenvalue weighted by molar-refractivity contribution is 6.30. The Morgan fingerprint density at radius 1 is 1.33 bits per heavy atom. The minimum absolute atomic E-state index is 0.0268. The number of carboxylic acid groups (broad SMARTS) is 1. The molecule has 0 atom stereocenters. The number of rotatable bonds is 5. The van der Waals surface area contributed by atoms with E-state index in [1.807, 2.05) is 0 Å². The van der Waals surface area contributed by atoms with Gasteiger partial charge in [-0.3, -0.25) is 9.69 Å². The number of nitrogens with one attached hydrogen (secondary N) is 1. The number of anilines is 1. The van der Waals surface area contributed by atoms with Gasteiger partial charge in [-0.1, -0.05) is 16.8 Å². The van der Waals surface area contributed by atoms with E-state index in [0.717, 1.165) is 11.3 Å². The summed E-state index contributed by atoms with van der Waals surface area (Å²) in [4.78, 5) is 27.8. The molecule has 9 heteroatoms. The van der Waals surface area contributed by atoms with Crippen LogP contribution in [0, 0.1) is 0 Å². The Labute approximate surface area is 124 Å². The summed E-state index contributed by atoms with van der Waals surface area (Å²) in [6, 6.07) is 5.65. The lowest BCUT2D eigenvalue weighted by molar-refractivity contribution is -0.135. The van der Waals surface area contributed by atoms with E-state index >= 15 is 0 Å². The van der Waals surface area contributed by atoms with Crippen molar-refractivity contribution >= 4 is 29.3 Å². The van der Waals surface area contributed by atoms with Crippen LogP contribution in [0.15, 0.2) is 35.2 Å². The van der Waals surface area contributed by atoms with Crippen molar-refractivity contribution in [1.82, 2.24) is 15.5 Å². The lowest BCUT2D eigenvalue weighted by atomic mass is 10.3. The summed E-state index contributed by atoms with van der Waals surface area (Å²) in [5.74, 6) is -0.852. The van der Waals surface area contributed by atoms with Gasteiger partial charge in [-0.05, 0) is 24.3 Å². The second-order valence-electron chi connectivity index (χ2n) is 3.96. The van der Waals surface area contributed by atoms with Gasteiger partial charge in [-0.2, -0.15) is 4.98 Å². The van der Waals surface area contributed by atoms with E-state index in [0.29, 0.717) is 10.7 Å². The second kappa shape index (κ2) is 6.71. The summed E-state index contributed by atoms with van der Waals surface area (Å²) in [6.45, 7) is -0.460. The zero-order chi connectivity index (χ0) is 15.2. The van der Waals surface area contributed by atoms with Crippen LogP contribution in [-0.2, 0) is 11.3 Å². The average Bonchev–Trinajstić information content (AvgIpc) is 2.96. The fraction of sp³-hybridized carbons (Fsp3) is 0.167. The van der Waals surface area contributed by atoms with Gasteiger partial charge < -0.3 is 14.9 Å². The smallest absolute Gasteiger partial charge is 0.323 e. The van der Waals surface area contributed by atoms with Gasteiger partial charge >= 0.3 is 12.0 Å². The molecule has 2 rings (SSSR count). The van der Waals surface area contributed by atoms with Gasteiger partial charge in [0, 0.05) is 10.7 Å². The predicted molar refractivity (Wildman–Crippen MR) is 73.0 cm³/mol. The maximum Gasteiger partial charge on any atom is 0.323 e. The summed E-state index contributed by atoms with van der Waals surface area (Å²) < 4.78 is 4.53. The number of benzene rings is 1. The molecule has 0 aliphatic rings. The molecule has 21 heavy (non-hydrogen) atoms. The number of halogens is 1. The highest BCUT2D eigenvalue weighted by atomic mass is 35.5. The fourth-order valence-corrected chi connectivity index (χ4v) is 1.68. The number of carboxylic acids is 1. The first-order chi connectivity index (χ1) is 10.1. The molecule has 0 spiro atoms. The lowest BCUT2D eigenvalue weighted by Crippen LogP contribution is -2.42. The second-order valence-corrected chi connectivity index (χ2v) is 4.40. The third-order valence-electron chi connectivity index (χ3n) is 2.48. The van der Waals surface area contributed by atoms with Crippen molar-refractivity contribution in [2.45, 2.75) is 6.54 Å². The van der Waals surface area contributed by atoms with Gasteiger partial charge in [-0.15, -0.1) is 0 Å². The van der Waals surface area contributed by atoms with Crippen molar-refractivity contribution in [3.63, 3.8) is 0 Å². The molecule has 1 aromatic carbocycles. The first kappa shape index (κ1) is 14.8. The number of hydrogen-bond acceptors (Lipinski definition) is 5. The zero-order valence-corrected chi connectivity index (χ0v) is 11.4. The van der Waals surface area contributed by atoms with Crippen molar-refractivity contribution in [3.05, 3.63) is 41.5 Å². The van der Waals surface area contributed by atoms with Gasteiger partial charge in [0.25, 0.3) is 0 Å². The summed E-state index contributed by atoms with van der Waals surface area (Å²) in [5, 5.41) is 15.4. The summed E-state index contributed by atoms with van der Waals surface area (Å²) in [5.41, 5.74) is 0.410. The largest absolute Gasteiger partial charge is 0.480 e. The number of aromatic nitrogens is 2. The van der Waals surface area contributed by atoms with Crippen molar-refractivity contribution < 1.29 is 19.2 Å². The lowest BCUT2D eigenvalue weighted by Gasteiger charge is -2.21. The van der Waals surface area contributed by atoms with E-state index in [2.05, 4.69) is 20.0 Å². The molecular formula is C12H11ClN4O4. The molecule has 2 N–H and O–H groups in total. The van der Waals surface area contributed by atoms with Gasteiger partial charge in [0.05, 0.1) is 6.54 Å². The average molecular weight is 311 g/mol. The van der Waals surface area contributed by atoms with E-state index < -0.39 is 18.5 Å². The van der Waals surface area contributed by atoms with Crippen LogP contribution in [0.3, 0.4) is 0 Å². The standard InChI is InChI=1S/C12H11ClN4O4/c13-8-1-3-9(4-2-8)17(6-11(18)19)12(20)14-5-10-15-7-21-16-10/h1-4,7H,5-6H2,(H,14,20)(H,18,19). The van der Waals surface area contributed by atoms with Crippen molar-refractivity contribution in [1.29, 1.82) is 0 Å². The minimum Gasteiger partial charge on any atom is -0.480 e. The van der Waals surface area contributed by atoms with Gasteiger partial charge in [0.2, 0.25) is 6.39 Å². The molecule has 0 bridgehead atoms. The Hall–Kier alpha value is -2.61. The molecule has 0 aliphatic heterocycles. The van der Waals surface area contributed by atoms with Gasteiger partial charge in [0.15, 0.2) is 5.82 Å². The molecule has 2 amide bonds. The number of hydrogen-bond donors (Lipinski definition) is 2. The highest BCUT2D eigenvalue weighted by Crippen LogP contribution is 2.18. The van der Waals surface area contributed by atoms with E-state index in [9.17, 15) is 9.59 Å². The number of carbonyl (C=O) groups excluding carboxylic acids is 1. The number of carbonyl (C=O) groups is 2. The van der Waals surface area contributed by atoms with Crippen LogP contribution in [-0.4, -0.2) is 33.8 Å². The topological polar surface area (TPSA) is 109 Å². The van der Waals surface area contributed by atoms with Crippen LogP contribution < -0.4 is 10.2 Å². The van der Waals surface area contributed by atoms with E-state index in [1.54, 1.807) is 24.3 Å². The molecular weight excluding hydrogens is 300 g/mol. The Balaban J connectivity index is 2.09. The SMILES string of the molecule is O=C(O)CN(C(=O)NCc1ncon1)c1ccc(Cl)cc1. The molecule has 8 nitrogen and oxygen atoms in total. The van der Waals surface area contributed by atoms with Crippen LogP contribution in [0.1, 0.15) is 5.82 Å². The molecule has 0 fully saturated rings. The minimum atomic E-state index is -1.14.